The van der Waals surface area contributed by atoms with Gasteiger partial charge in [0.15, 0.2) is 11.6 Å². The van der Waals surface area contributed by atoms with E-state index in [4.69, 9.17) is 5.26 Å². The molecule has 1 saturated carbocycles. The molecule has 1 fully saturated rings. The van der Waals surface area contributed by atoms with Gasteiger partial charge in [-0.05, 0) is 30.0 Å². The molecule has 82 valence electrons. The molecule has 0 spiro atoms. The number of hydrogen-bond donors (Lipinski definition) is 0. The maximum atomic E-state index is 12.9. The lowest BCUT2D eigenvalue weighted by Crippen LogP contribution is -2.03. The van der Waals surface area contributed by atoms with Crippen molar-refractivity contribution in [3.8, 4) is 6.26 Å². The Hall–Kier alpha value is -1.96. The minimum absolute atomic E-state index is 0.170. The maximum Gasteiger partial charge on any atom is 0.325 e. The molecular formula is C11H7F2NO2. The van der Waals surface area contributed by atoms with Crippen LogP contribution in [0.25, 0.3) is 0 Å². The number of halogens is 2. The molecule has 0 radical (unpaired) electrons. The van der Waals surface area contributed by atoms with Crippen LogP contribution >= 0.6 is 0 Å². The highest BCUT2D eigenvalue weighted by Gasteiger charge is 2.45. The molecule has 0 heterocycles. The summed E-state index contributed by atoms with van der Waals surface area (Å²) in [5.74, 6) is -3.05. The van der Waals surface area contributed by atoms with E-state index in [2.05, 4.69) is 4.74 Å². The minimum Gasteiger partial charge on any atom is -0.351 e. The molecule has 0 saturated heterocycles. The fraction of sp³-hybridized carbons (Fsp3) is 0.273. The van der Waals surface area contributed by atoms with Crippen molar-refractivity contribution in [3.63, 3.8) is 0 Å². The summed E-state index contributed by atoms with van der Waals surface area (Å²) in [4.78, 5) is 11.1. The molecule has 1 aromatic rings. The highest BCUT2D eigenvalue weighted by Crippen LogP contribution is 2.48. The van der Waals surface area contributed by atoms with E-state index in [1.165, 1.54) is 12.3 Å². The van der Waals surface area contributed by atoms with Crippen LogP contribution in [0.1, 0.15) is 17.9 Å². The Kier molecular flexibility index (Phi) is 2.57. The van der Waals surface area contributed by atoms with E-state index in [1.54, 1.807) is 0 Å². The Morgan fingerprint density at radius 2 is 2.19 bits per heavy atom. The minimum atomic E-state index is -0.934. The number of rotatable bonds is 2. The largest absolute Gasteiger partial charge is 0.351 e. The van der Waals surface area contributed by atoms with E-state index in [1.807, 2.05) is 0 Å². The predicted molar refractivity (Wildman–Crippen MR) is 48.9 cm³/mol. The van der Waals surface area contributed by atoms with Crippen molar-refractivity contribution in [2.75, 3.05) is 0 Å². The average Bonchev–Trinajstić information content (AvgIpc) is 3.02. The second-order valence-electron chi connectivity index (χ2n) is 3.63. The van der Waals surface area contributed by atoms with Crippen LogP contribution < -0.4 is 0 Å². The Morgan fingerprint density at radius 3 is 2.81 bits per heavy atom. The summed E-state index contributed by atoms with van der Waals surface area (Å²) in [6, 6.07) is 3.53. The zero-order chi connectivity index (χ0) is 11.7. The maximum absolute atomic E-state index is 12.9. The molecule has 1 aromatic carbocycles. The third-order valence-corrected chi connectivity index (χ3v) is 2.61. The normalized spacial score (nSPS) is 22.3. The Labute approximate surface area is 90.2 Å². The number of ether oxygens (including phenoxy) is 1. The Balaban J connectivity index is 2.09. The Morgan fingerprint density at radius 1 is 1.44 bits per heavy atom. The molecule has 0 aromatic heterocycles. The molecule has 1 aliphatic carbocycles. The van der Waals surface area contributed by atoms with Crippen molar-refractivity contribution in [1.29, 1.82) is 5.26 Å². The number of carbonyl (C=O) groups is 1. The molecule has 0 N–H and O–H groups in total. The first-order chi connectivity index (χ1) is 7.63. The van der Waals surface area contributed by atoms with Crippen LogP contribution in [0.4, 0.5) is 8.78 Å². The summed E-state index contributed by atoms with van der Waals surface area (Å²) >= 11 is 0. The lowest BCUT2D eigenvalue weighted by atomic mass is 10.1. The molecule has 2 rings (SSSR count). The SMILES string of the molecule is N#COC(=O)[C@@H]1CC1c1ccc(F)c(F)c1. The van der Waals surface area contributed by atoms with Crippen molar-refractivity contribution in [2.24, 2.45) is 5.92 Å². The smallest absolute Gasteiger partial charge is 0.325 e. The first kappa shape index (κ1) is 10.6. The number of hydrogen-bond acceptors (Lipinski definition) is 3. The lowest BCUT2D eigenvalue weighted by Gasteiger charge is -1.99. The number of nitriles is 1. The van der Waals surface area contributed by atoms with Crippen molar-refractivity contribution in [1.82, 2.24) is 0 Å². The van der Waals surface area contributed by atoms with Gasteiger partial charge in [-0.3, -0.25) is 4.79 Å². The monoisotopic (exact) mass is 223 g/mol. The quantitative estimate of drug-likeness (QED) is 0.569. The summed E-state index contributed by atoms with van der Waals surface area (Å²) in [7, 11) is 0. The molecule has 16 heavy (non-hydrogen) atoms. The van der Waals surface area contributed by atoms with Gasteiger partial charge in [-0.15, -0.1) is 5.26 Å². The summed E-state index contributed by atoms with van der Waals surface area (Å²) in [6.45, 7) is 0. The van der Waals surface area contributed by atoms with E-state index in [0.29, 0.717) is 12.0 Å². The van der Waals surface area contributed by atoms with Gasteiger partial charge in [-0.2, -0.15) is 0 Å². The van der Waals surface area contributed by atoms with Crippen LogP contribution in [-0.2, 0) is 9.53 Å². The molecule has 0 amide bonds. The number of esters is 1. The molecular weight excluding hydrogens is 216 g/mol. The second kappa shape index (κ2) is 3.89. The fourth-order valence-electron chi connectivity index (χ4n) is 1.69. The molecule has 5 heteroatoms. The van der Waals surface area contributed by atoms with Crippen LogP contribution in [0.15, 0.2) is 18.2 Å². The second-order valence-corrected chi connectivity index (χ2v) is 3.63. The van der Waals surface area contributed by atoms with Gasteiger partial charge in [-0.1, -0.05) is 6.07 Å². The molecule has 3 nitrogen and oxygen atoms in total. The van der Waals surface area contributed by atoms with Crippen molar-refractivity contribution in [2.45, 2.75) is 12.3 Å². The topological polar surface area (TPSA) is 50.1 Å². The van der Waals surface area contributed by atoms with Gasteiger partial charge in [0.2, 0.25) is 0 Å². The van der Waals surface area contributed by atoms with Crippen LogP contribution in [0.2, 0.25) is 0 Å². The van der Waals surface area contributed by atoms with Gasteiger partial charge in [0.05, 0.1) is 5.92 Å². The van der Waals surface area contributed by atoms with Crippen LogP contribution in [0.5, 0.6) is 0 Å². The van der Waals surface area contributed by atoms with E-state index in [0.717, 1.165) is 12.1 Å². The molecule has 1 unspecified atom stereocenters. The first-order valence-corrected chi connectivity index (χ1v) is 4.68. The van der Waals surface area contributed by atoms with E-state index in [9.17, 15) is 13.6 Å². The zero-order valence-electron chi connectivity index (χ0n) is 8.11. The van der Waals surface area contributed by atoms with Gasteiger partial charge in [0.25, 0.3) is 6.26 Å². The van der Waals surface area contributed by atoms with Crippen LogP contribution in [-0.4, -0.2) is 5.97 Å². The van der Waals surface area contributed by atoms with Gasteiger partial charge in [0.1, 0.15) is 0 Å². The van der Waals surface area contributed by atoms with E-state index < -0.39 is 23.5 Å². The fourth-order valence-corrected chi connectivity index (χ4v) is 1.69. The third-order valence-electron chi connectivity index (χ3n) is 2.61. The Bertz CT molecular complexity index is 481. The van der Waals surface area contributed by atoms with Crippen molar-refractivity contribution < 1.29 is 18.3 Å². The van der Waals surface area contributed by atoms with Gasteiger partial charge in [0, 0.05) is 0 Å². The molecule has 0 bridgehead atoms. The van der Waals surface area contributed by atoms with Gasteiger partial charge < -0.3 is 4.74 Å². The van der Waals surface area contributed by atoms with E-state index >= 15 is 0 Å². The third kappa shape index (κ3) is 1.87. The van der Waals surface area contributed by atoms with Gasteiger partial charge in [-0.25, -0.2) is 8.78 Å². The average molecular weight is 223 g/mol. The molecule has 2 atom stereocenters. The molecule has 0 aliphatic heterocycles. The summed E-state index contributed by atoms with van der Waals surface area (Å²) in [5.41, 5.74) is 0.554. The highest BCUT2D eigenvalue weighted by atomic mass is 19.2. The summed E-state index contributed by atoms with van der Waals surface area (Å²) in [6.07, 6.45) is 1.80. The van der Waals surface area contributed by atoms with Crippen LogP contribution in [0, 0.1) is 29.1 Å². The lowest BCUT2D eigenvalue weighted by molar-refractivity contribution is -0.138. The number of nitrogens with zero attached hydrogens (tertiary/aromatic N) is 1. The highest BCUT2D eigenvalue weighted by molar-refractivity contribution is 5.78. The predicted octanol–water partition coefficient (Wildman–Crippen LogP) is 2.09. The van der Waals surface area contributed by atoms with Crippen LogP contribution in [0.3, 0.4) is 0 Å². The van der Waals surface area contributed by atoms with E-state index in [-0.39, 0.29) is 5.92 Å². The zero-order valence-corrected chi connectivity index (χ0v) is 8.11. The molecule has 1 aliphatic rings. The summed E-state index contributed by atoms with van der Waals surface area (Å²) in [5, 5.41) is 8.15. The van der Waals surface area contributed by atoms with Crippen molar-refractivity contribution in [3.05, 3.63) is 35.4 Å². The summed E-state index contributed by atoms with van der Waals surface area (Å²) < 4.78 is 29.7. The first-order valence-electron chi connectivity index (χ1n) is 4.68. The standard InChI is InChI=1S/C11H7F2NO2/c12-9-2-1-6(3-10(9)13)7-4-8(7)11(15)16-5-14/h1-3,7-8H,4H2/t7?,8-/m1/s1. The number of benzene rings is 1. The number of carbonyl (C=O) groups excluding carboxylic acids is 1. The van der Waals surface area contributed by atoms with Crippen molar-refractivity contribution >= 4 is 5.97 Å². The van der Waals surface area contributed by atoms with Gasteiger partial charge >= 0.3 is 5.97 Å².